The Morgan fingerprint density at radius 2 is 1.69 bits per heavy atom. The molecule has 0 saturated heterocycles. The number of alkyl halides is 1. The zero-order valence-electron chi connectivity index (χ0n) is 10.9. The number of rotatable bonds is 5. The van der Waals surface area contributed by atoms with Crippen molar-refractivity contribution in [2.24, 2.45) is 5.92 Å². The van der Waals surface area contributed by atoms with Crippen LogP contribution in [-0.4, -0.2) is 5.33 Å². The van der Waals surface area contributed by atoms with Crippen molar-refractivity contribution in [1.82, 2.24) is 0 Å². The third kappa shape index (κ3) is 3.93. The van der Waals surface area contributed by atoms with Crippen LogP contribution in [0, 0.1) is 5.92 Å². The molecule has 0 bridgehead atoms. The van der Waals surface area contributed by atoms with Crippen molar-refractivity contribution in [3.63, 3.8) is 0 Å². The van der Waals surface area contributed by atoms with E-state index in [9.17, 15) is 0 Å². The van der Waals surface area contributed by atoms with Gasteiger partial charge in [-0.3, -0.25) is 0 Å². The van der Waals surface area contributed by atoms with E-state index in [0.29, 0.717) is 0 Å². The number of hydrogen-bond acceptors (Lipinski definition) is 0. The number of benzene rings is 1. The zero-order chi connectivity index (χ0) is 12.2. The van der Waals surface area contributed by atoms with E-state index >= 15 is 0 Å². The predicted octanol–water partition coefficient (Wildman–Crippen LogP) is 4.95. The van der Waals surface area contributed by atoms with Crippen molar-refractivity contribution in [1.29, 1.82) is 0 Å². The first kappa shape index (κ1) is 13.8. The van der Waals surface area contributed by atoms with Gasteiger partial charge in [-0.05, 0) is 35.3 Å². The van der Waals surface area contributed by atoms with Crippen LogP contribution in [0.5, 0.6) is 0 Å². The van der Waals surface area contributed by atoms with E-state index in [4.69, 9.17) is 0 Å². The Bertz CT molecular complexity index is 309. The predicted molar refractivity (Wildman–Crippen MR) is 76.4 cm³/mol. The van der Waals surface area contributed by atoms with Crippen LogP contribution < -0.4 is 0 Å². The molecule has 0 atom stereocenters. The molecule has 16 heavy (non-hydrogen) atoms. The van der Waals surface area contributed by atoms with E-state index in [-0.39, 0.29) is 5.41 Å². The van der Waals surface area contributed by atoms with Gasteiger partial charge in [0.1, 0.15) is 0 Å². The van der Waals surface area contributed by atoms with Crippen molar-refractivity contribution in [2.45, 2.75) is 46.0 Å². The van der Waals surface area contributed by atoms with Crippen molar-refractivity contribution >= 4 is 15.9 Å². The zero-order valence-corrected chi connectivity index (χ0v) is 12.5. The van der Waals surface area contributed by atoms with Gasteiger partial charge < -0.3 is 0 Å². The van der Waals surface area contributed by atoms with Gasteiger partial charge in [0.05, 0.1) is 0 Å². The van der Waals surface area contributed by atoms with Gasteiger partial charge in [0.2, 0.25) is 0 Å². The SMILES string of the molecule is CC(C)Cc1ccc(C(C)(C)CCBr)cc1. The molecule has 0 nitrogen and oxygen atoms in total. The molecule has 1 heteroatoms. The molecule has 0 heterocycles. The summed E-state index contributed by atoms with van der Waals surface area (Å²) >= 11 is 3.53. The van der Waals surface area contributed by atoms with Crippen LogP contribution in [0.25, 0.3) is 0 Å². The second-order valence-electron chi connectivity index (χ2n) is 5.62. The molecule has 0 radical (unpaired) electrons. The van der Waals surface area contributed by atoms with Crippen LogP contribution in [0.3, 0.4) is 0 Å². The van der Waals surface area contributed by atoms with Crippen LogP contribution in [0.2, 0.25) is 0 Å². The standard InChI is InChI=1S/C15H23Br/c1-12(2)11-13-5-7-14(8-6-13)15(3,4)9-10-16/h5-8,12H,9-11H2,1-4H3. The van der Waals surface area contributed by atoms with E-state index in [2.05, 4.69) is 67.9 Å². The summed E-state index contributed by atoms with van der Waals surface area (Å²) in [4.78, 5) is 0. The topological polar surface area (TPSA) is 0 Å². The molecule has 0 spiro atoms. The summed E-state index contributed by atoms with van der Waals surface area (Å²) in [6.07, 6.45) is 2.36. The van der Waals surface area contributed by atoms with Gasteiger partial charge in [0, 0.05) is 5.33 Å². The lowest BCUT2D eigenvalue weighted by atomic mass is 9.82. The highest BCUT2D eigenvalue weighted by molar-refractivity contribution is 9.09. The molecular formula is C15H23Br. The first-order valence-corrected chi connectivity index (χ1v) is 7.23. The van der Waals surface area contributed by atoms with E-state index in [1.54, 1.807) is 0 Å². The normalized spacial score (nSPS) is 12.1. The Labute approximate surface area is 109 Å². The van der Waals surface area contributed by atoms with E-state index in [1.807, 2.05) is 0 Å². The third-order valence-electron chi connectivity index (χ3n) is 3.10. The Morgan fingerprint density at radius 1 is 1.12 bits per heavy atom. The fourth-order valence-electron chi connectivity index (χ4n) is 1.94. The van der Waals surface area contributed by atoms with Crippen LogP contribution in [0.1, 0.15) is 45.2 Å². The molecular weight excluding hydrogens is 260 g/mol. The quantitative estimate of drug-likeness (QED) is 0.671. The number of hydrogen-bond donors (Lipinski definition) is 0. The van der Waals surface area contributed by atoms with Crippen LogP contribution in [0.15, 0.2) is 24.3 Å². The summed E-state index contributed by atoms with van der Waals surface area (Å²) in [6.45, 7) is 9.16. The van der Waals surface area contributed by atoms with Crippen LogP contribution in [-0.2, 0) is 11.8 Å². The fourth-order valence-corrected chi connectivity index (χ4v) is 2.94. The monoisotopic (exact) mass is 282 g/mol. The Kier molecular flexibility index (Phi) is 5.04. The highest BCUT2D eigenvalue weighted by Crippen LogP contribution is 2.28. The summed E-state index contributed by atoms with van der Waals surface area (Å²) < 4.78 is 0. The minimum atomic E-state index is 0.278. The Morgan fingerprint density at radius 3 is 2.12 bits per heavy atom. The van der Waals surface area contributed by atoms with Crippen LogP contribution in [0.4, 0.5) is 0 Å². The second kappa shape index (κ2) is 5.86. The molecule has 0 unspecified atom stereocenters. The summed E-state index contributed by atoms with van der Waals surface area (Å²) in [5, 5.41) is 1.06. The van der Waals surface area contributed by atoms with Gasteiger partial charge in [0.15, 0.2) is 0 Å². The molecule has 1 rings (SSSR count). The minimum absolute atomic E-state index is 0.278. The van der Waals surface area contributed by atoms with Gasteiger partial charge in [-0.2, -0.15) is 0 Å². The average Bonchev–Trinajstić information content (AvgIpc) is 2.17. The van der Waals surface area contributed by atoms with E-state index in [0.717, 1.165) is 11.2 Å². The molecule has 0 aliphatic rings. The van der Waals surface area contributed by atoms with Crippen molar-refractivity contribution in [3.05, 3.63) is 35.4 Å². The summed E-state index contributed by atoms with van der Waals surface area (Å²) in [6, 6.07) is 9.15. The second-order valence-corrected chi connectivity index (χ2v) is 6.41. The summed E-state index contributed by atoms with van der Waals surface area (Å²) in [5.74, 6) is 0.737. The largest absolute Gasteiger partial charge is 0.0928 e. The minimum Gasteiger partial charge on any atom is -0.0928 e. The first-order chi connectivity index (χ1) is 7.45. The van der Waals surface area contributed by atoms with Gasteiger partial charge in [0.25, 0.3) is 0 Å². The van der Waals surface area contributed by atoms with E-state index < -0.39 is 0 Å². The summed E-state index contributed by atoms with van der Waals surface area (Å²) in [5.41, 5.74) is 3.17. The van der Waals surface area contributed by atoms with Gasteiger partial charge >= 0.3 is 0 Å². The molecule has 0 fully saturated rings. The lowest BCUT2D eigenvalue weighted by molar-refractivity contribution is 0.512. The van der Waals surface area contributed by atoms with Gasteiger partial charge in [-0.1, -0.05) is 67.9 Å². The highest BCUT2D eigenvalue weighted by Gasteiger charge is 2.19. The molecule has 90 valence electrons. The first-order valence-electron chi connectivity index (χ1n) is 6.11. The van der Waals surface area contributed by atoms with Gasteiger partial charge in [-0.25, -0.2) is 0 Å². The maximum atomic E-state index is 3.53. The molecule has 0 aliphatic carbocycles. The molecule has 0 N–H and O–H groups in total. The highest BCUT2D eigenvalue weighted by atomic mass is 79.9. The molecule has 0 aromatic heterocycles. The molecule has 0 amide bonds. The fraction of sp³-hybridized carbons (Fsp3) is 0.600. The third-order valence-corrected chi connectivity index (χ3v) is 3.50. The average molecular weight is 283 g/mol. The van der Waals surface area contributed by atoms with E-state index in [1.165, 1.54) is 24.0 Å². The van der Waals surface area contributed by atoms with Crippen molar-refractivity contribution < 1.29 is 0 Å². The molecule has 1 aromatic carbocycles. The summed E-state index contributed by atoms with van der Waals surface area (Å²) in [7, 11) is 0. The Balaban J connectivity index is 2.78. The Hall–Kier alpha value is -0.300. The van der Waals surface area contributed by atoms with Crippen LogP contribution >= 0.6 is 15.9 Å². The molecule has 0 aliphatic heterocycles. The van der Waals surface area contributed by atoms with Gasteiger partial charge in [-0.15, -0.1) is 0 Å². The molecule has 1 aromatic rings. The maximum absolute atomic E-state index is 3.53. The molecule has 0 saturated carbocycles. The maximum Gasteiger partial charge on any atom is 0.00395 e. The lowest BCUT2D eigenvalue weighted by Gasteiger charge is -2.24. The lowest BCUT2D eigenvalue weighted by Crippen LogP contribution is -2.17. The van der Waals surface area contributed by atoms with Crippen molar-refractivity contribution in [2.75, 3.05) is 5.33 Å². The smallest absolute Gasteiger partial charge is 0.00395 e. The number of halogens is 1. The van der Waals surface area contributed by atoms with Crippen molar-refractivity contribution in [3.8, 4) is 0 Å².